The number of rotatable bonds is 2. The number of hydrogen-bond acceptors (Lipinski definition) is 3. The third-order valence-electron chi connectivity index (χ3n) is 3.88. The molecule has 0 unspecified atom stereocenters. The molecule has 2 aromatic carbocycles. The molecule has 1 saturated heterocycles. The number of para-hydroxylation sites is 1. The van der Waals surface area contributed by atoms with Gasteiger partial charge in [0.25, 0.3) is 0 Å². The van der Waals surface area contributed by atoms with E-state index in [4.69, 9.17) is 4.98 Å². The first-order valence-electron chi connectivity index (χ1n) is 7.11. The Morgan fingerprint density at radius 2 is 1.65 bits per heavy atom. The first kappa shape index (κ1) is 11.9. The lowest BCUT2D eigenvalue weighted by Crippen LogP contribution is -2.17. The molecule has 1 aliphatic rings. The topological polar surface area (TPSA) is 16.1 Å². The molecule has 0 amide bonds. The number of benzene rings is 2. The van der Waals surface area contributed by atoms with E-state index >= 15 is 0 Å². The number of thiazole rings is 1. The summed E-state index contributed by atoms with van der Waals surface area (Å²) in [6, 6.07) is 17.2. The van der Waals surface area contributed by atoms with E-state index in [9.17, 15) is 0 Å². The molecule has 4 rings (SSSR count). The summed E-state index contributed by atoms with van der Waals surface area (Å²) in [4.78, 5) is 7.18. The van der Waals surface area contributed by atoms with Crippen LogP contribution >= 0.6 is 11.3 Å². The summed E-state index contributed by atoms with van der Waals surface area (Å²) in [5, 5.41) is 1.11. The van der Waals surface area contributed by atoms with Gasteiger partial charge in [0.15, 0.2) is 0 Å². The molecule has 3 heteroatoms. The lowest BCUT2D eigenvalue weighted by molar-refractivity contribution is 0.949. The molecule has 1 fully saturated rings. The predicted molar refractivity (Wildman–Crippen MR) is 86.5 cm³/mol. The molecule has 2 nitrogen and oxygen atoms in total. The fourth-order valence-corrected chi connectivity index (χ4v) is 3.76. The molecule has 0 radical (unpaired) electrons. The normalized spacial score (nSPS) is 15.1. The zero-order chi connectivity index (χ0) is 13.4. The van der Waals surface area contributed by atoms with Gasteiger partial charge in [0.2, 0.25) is 0 Å². The molecule has 2 heterocycles. The molecule has 3 aromatic rings. The van der Waals surface area contributed by atoms with E-state index < -0.39 is 0 Å². The van der Waals surface area contributed by atoms with E-state index in [2.05, 4.69) is 47.4 Å². The van der Waals surface area contributed by atoms with Crippen LogP contribution in [-0.2, 0) is 0 Å². The molecule has 100 valence electrons. The van der Waals surface area contributed by atoms with Gasteiger partial charge < -0.3 is 4.90 Å². The second-order valence-corrected chi connectivity index (χ2v) is 6.26. The van der Waals surface area contributed by atoms with Crippen LogP contribution in [-0.4, -0.2) is 18.1 Å². The fourth-order valence-electron chi connectivity index (χ4n) is 2.79. The van der Waals surface area contributed by atoms with Crippen molar-refractivity contribution in [3.8, 4) is 10.6 Å². The van der Waals surface area contributed by atoms with Gasteiger partial charge in [-0.1, -0.05) is 12.1 Å². The highest BCUT2D eigenvalue weighted by Crippen LogP contribution is 2.31. The van der Waals surface area contributed by atoms with E-state index in [-0.39, 0.29) is 0 Å². The quantitative estimate of drug-likeness (QED) is 0.684. The monoisotopic (exact) mass is 280 g/mol. The zero-order valence-corrected chi connectivity index (χ0v) is 12.1. The third kappa shape index (κ3) is 2.08. The summed E-state index contributed by atoms with van der Waals surface area (Å²) < 4.78 is 1.26. The third-order valence-corrected chi connectivity index (χ3v) is 4.96. The van der Waals surface area contributed by atoms with Crippen LogP contribution in [0.25, 0.3) is 20.8 Å². The molecule has 0 aliphatic carbocycles. The summed E-state index contributed by atoms with van der Waals surface area (Å²) in [5.41, 5.74) is 3.65. The smallest absolute Gasteiger partial charge is 0.124 e. The first-order valence-corrected chi connectivity index (χ1v) is 7.93. The van der Waals surface area contributed by atoms with Gasteiger partial charge in [-0.3, -0.25) is 0 Å². The van der Waals surface area contributed by atoms with Crippen LogP contribution in [0.1, 0.15) is 12.8 Å². The SMILES string of the molecule is c1ccc2sc(-c3ccc(N4CCCC4)cc3)nc2c1. The average molecular weight is 280 g/mol. The lowest BCUT2D eigenvalue weighted by Gasteiger charge is -2.17. The van der Waals surface area contributed by atoms with Crippen LogP contribution in [0.2, 0.25) is 0 Å². The van der Waals surface area contributed by atoms with Gasteiger partial charge in [0.1, 0.15) is 5.01 Å². The molecule has 0 N–H and O–H groups in total. The standard InChI is InChI=1S/C17H16N2S/c1-2-6-16-15(5-1)18-17(20-16)13-7-9-14(10-8-13)19-11-3-4-12-19/h1-2,5-10H,3-4,11-12H2. The van der Waals surface area contributed by atoms with E-state index in [1.165, 1.54) is 41.9 Å². The Kier molecular flexibility index (Phi) is 2.92. The van der Waals surface area contributed by atoms with Gasteiger partial charge in [-0.2, -0.15) is 0 Å². The van der Waals surface area contributed by atoms with E-state index in [0.717, 1.165) is 10.5 Å². The average Bonchev–Trinajstić information content (AvgIpc) is 3.17. The van der Waals surface area contributed by atoms with Crippen molar-refractivity contribution in [3.05, 3.63) is 48.5 Å². The molecule has 1 aromatic heterocycles. The second-order valence-electron chi connectivity index (χ2n) is 5.23. The van der Waals surface area contributed by atoms with Crippen molar-refractivity contribution in [2.75, 3.05) is 18.0 Å². The summed E-state index contributed by atoms with van der Waals surface area (Å²) >= 11 is 1.76. The van der Waals surface area contributed by atoms with Crippen molar-refractivity contribution in [2.45, 2.75) is 12.8 Å². The van der Waals surface area contributed by atoms with E-state index in [0.29, 0.717) is 0 Å². The molecule has 0 bridgehead atoms. The van der Waals surface area contributed by atoms with Gasteiger partial charge in [0, 0.05) is 24.3 Å². The van der Waals surface area contributed by atoms with Crippen LogP contribution in [0.3, 0.4) is 0 Å². The predicted octanol–water partition coefficient (Wildman–Crippen LogP) is 4.56. The van der Waals surface area contributed by atoms with Crippen molar-refractivity contribution in [1.82, 2.24) is 4.98 Å². The van der Waals surface area contributed by atoms with Gasteiger partial charge >= 0.3 is 0 Å². The Morgan fingerprint density at radius 1 is 0.900 bits per heavy atom. The zero-order valence-electron chi connectivity index (χ0n) is 11.2. The van der Waals surface area contributed by atoms with Crippen LogP contribution < -0.4 is 4.90 Å². The van der Waals surface area contributed by atoms with Gasteiger partial charge in [-0.25, -0.2) is 4.98 Å². The van der Waals surface area contributed by atoms with Crippen molar-refractivity contribution in [3.63, 3.8) is 0 Å². The summed E-state index contributed by atoms with van der Waals surface area (Å²) in [5.74, 6) is 0. The van der Waals surface area contributed by atoms with Crippen molar-refractivity contribution >= 4 is 27.2 Å². The molecular weight excluding hydrogens is 264 g/mol. The number of anilines is 1. The Balaban J connectivity index is 1.67. The molecule has 0 saturated carbocycles. The fraction of sp³-hybridized carbons (Fsp3) is 0.235. The lowest BCUT2D eigenvalue weighted by atomic mass is 10.2. The molecule has 0 atom stereocenters. The second kappa shape index (κ2) is 4.91. The van der Waals surface area contributed by atoms with Gasteiger partial charge in [-0.05, 0) is 49.2 Å². The minimum Gasteiger partial charge on any atom is -0.372 e. The summed E-state index contributed by atoms with van der Waals surface area (Å²) in [6.45, 7) is 2.39. The largest absolute Gasteiger partial charge is 0.372 e. The van der Waals surface area contributed by atoms with E-state index in [1.54, 1.807) is 11.3 Å². The number of fused-ring (bicyclic) bond motifs is 1. The molecule has 20 heavy (non-hydrogen) atoms. The Morgan fingerprint density at radius 3 is 2.40 bits per heavy atom. The maximum atomic E-state index is 4.72. The maximum Gasteiger partial charge on any atom is 0.124 e. The van der Waals surface area contributed by atoms with Crippen molar-refractivity contribution < 1.29 is 0 Å². The van der Waals surface area contributed by atoms with Crippen LogP contribution in [0.4, 0.5) is 5.69 Å². The van der Waals surface area contributed by atoms with Crippen molar-refractivity contribution in [1.29, 1.82) is 0 Å². The van der Waals surface area contributed by atoms with Crippen molar-refractivity contribution in [2.24, 2.45) is 0 Å². The van der Waals surface area contributed by atoms with Crippen LogP contribution in [0, 0.1) is 0 Å². The maximum absolute atomic E-state index is 4.72. The van der Waals surface area contributed by atoms with Crippen LogP contribution in [0.15, 0.2) is 48.5 Å². The Labute approximate surface area is 122 Å². The summed E-state index contributed by atoms with van der Waals surface area (Å²) in [6.07, 6.45) is 2.64. The Bertz CT molecular complexity index is 691. The highest BCUT2D eigenvalue weighted by molar-refractivity contribution is 7.21. The molecule has 0 spiro atoms. The van der Waals surface area contributed by atoms with E-state index in [1.807, 2.05) is 6.07 Å². The van der Waals surface area contributed by atoms with Gasteiger partial charge in [-0.15, -0.1) is 11.3 Å². The number of hydrogen-bond donors (Lipinski definition) is 0. The first-order chi connectivity index (χ1) is 9.90. The molecule has 1 aliphatic heterocycles. The minimum atomic E-state index is 1.09. The van der Waals surface area contributed by atoms with Gasteiger partial charge in [0.05, 0.1) is 10.2 Å². The number of aromatic nitrogens is 1. The number of nitrogens with zero attached hydrogens (tertiary/aromatic N) is 2. The highest BCUT2D eigenvalue weighted by atomic mass is 32.1. The summed E-state index contributed by atoms with van der Waals surface area (Å²) in [7, 11) is 0. The van der Waals surface area contributed by atoms with Crippen LogP contribution in [0.5, 0.6) is 0 Å². The Hall–Kier alpha value is -1.87. The molecular formula is C17H16N2S. The minimum absolute atomic E-state index is 1.09. The highest BCUT2D eigenvalue weighted by Gasteiger charge is 2.12.